The first-order valence-corrected chi connectivity index (χ1v) is 50.7. The highest BCUT2D eigenvalue weighted by molar-refractivity contribution is 7.22. The number of hydrogen-bond donors (Lipinski definition) is 11. The highest BCUT2D eigenvalue weighted by Crippen LogP contribution is 2.72. The van der Waals surface area contributed by atoms with Crippen molar-refractivity contribution in [2.75, 3.05) is 214 Å². The molecule has 13 rings (SSSR count). The molecule has 3 aliphatic heterocycles. The lowest BCUT2D eigenvalue weighted by molar-refractivity contribution is -0.248. The molecule has 146 heavy (non-hydrogen) atoms. The molecule has 3 aromatic carbocycles. The third-order valence-electron chi connectivity index (χ3n) is 26.9. The Morgan fingerprint density at radius 2 is 1.23 bits per heavy atom. The number of rotatable bonds is 65. The summed E-state index contributed by atoms with van der Waals surface area (Å²) in [6, 6.07) is 19.0. The standard InChI is InChI=1S/C102H142N12O31S/c1-66(2)86(108-82(117)25-28-110(85(120)56-113-83(118)21-22-84(113)119)29-31-133-35-36-135-39-40-137-43-44-139-47-48-141-51-52-142-50-49-140-46-45-138-42-41-136-38-37-134-34-33-132-7)94(126)104-67(3)92(124)105-72-17-15-71(70(53-72)16-19-79-88(121)89(122)90(123)91(145-79)96(129)130)58-143-98(131)111(27-24-73(116)57-115)30-32-144-102-62-99(5)59-100(6,63-102)61-101(60-99,64-102)65-114-68(4)76(54-103-114)74-18-20-81(107-87(74)95(127)128)112-26-23-69-11-10-12-75(77(69)55-112)93(125)109-97-106-78-13-8-9-14-80(78)146-97/h8-15,17-18,20-22,53-54,66-67,73,79,86,88-91,115-116,121-123H,16,19,23-52,55-65H2,1-7H3,(H,104,126)(H,105,124)(H,108,117)(H,127,128)(H,129,130)(H,106,109,125)/t67-,73-,79-,86-,88-,89+,90-,91-,99?,100?,101?,102?/m0/s1. The summed E-state index contributed by atoms with van der Waals surface area (Å²) in [7, 11) is 1.62. The summed E-state index contributed by atoms with van der Waals surface area (Å²) in [5.41, 5.74) is 4.34. The van der Waals surface area contributed by atoms with Crippen molar-refractivity contribution in [3.8, 4) is 11.1 Å². The number of aliphatic carboxylic acids is 1. The van der Waals surface area contributed by atoms with Gasteiger partial charge in [-0.2, -0.15) is 5.10 Å². The first kappa shape index (κ1) is 114. The van der Waals surface area contributed by atoms with Crippen LogP contribution < -0.4 is 26.2 Å². The summed E-state index contributed by atoms with van der Waals surface area (Å²) in [5.74, 6) is -7.39. The van der Waals surface area contributed by atoms with E-state index >= 15 is 0 Å². The lowest BCUT2D eigenvalue weighted by Gasteiger charge is -2.69. The molecule has 6 heterocycles. The van der Waals surface area contributed by atoms with E-state index in [1.54, 1.807) is 45.4 Å². The van der Waals surface area contributed by atoms with Gasteiger partial charge >= 0.3 is 18.0 Å². The molecule has 10 atom stereocenters. The van der Waals surface area contributed by atoms with Crippen LogP contribution in [-0.4, -0.2) is 382 Å². The van der Waals surface area contributed by atoms with Crippen LogP contribution in [0.1, 0.15) is 141 Å². The number of carboxylic acid groups (broad SMARTS) is 2. The van der Waals surface area contributed by atoms with Crippen LogP contribution in [0.4, 0.5) is 21.4 Å². The van der Waals surface area contributed by atoms with Crippen molar-refractivity contribution in [2.45, 2.75) is 186 Å². The third-order valence-corrected chi connectivity index (χ3v) is 27.8. The van der Waals surface area contributed by atoms with Gasteiger partial charge in [-0.05, 0) is 165 Å². The van der Waals surface area contributed by atoms with Gasteiger partial charge in [0.25, 0.3) is 17.7 Å². The van der Waals surface area contributed by atoms with E-state index in [1.807, 2.05) is 59.0 Å². The number of thiazole rings is 1. The molecular formula is C102H142N12O31S. The van der Waals surface area contributed by atoms with Gasteiger partial charge in [-0.1, -0.05) is 69.4 Å². The number of nitrogens with one attached hydrogen (secondary N) is 4. The second-order valence-corrected chi connectivity index (χ2v) is 39.9. The molecule has 43 nitrogen and oxygen atoms in total. The molecule has 4 saturated carbocycles. The molecule has 11 N–H and O–H groups in total. The largest absolute Gasteiger partial charge is 0.479 e. The van der Waals surface area contributed by atoms with Gasteiger partial charge in [0, 0.05) is 99.6 Å². The zero-order valence-electron chi connectivity index (χ0n) is 84.2. The van der Waals surface area contributed by atoms with Crippen LogP contribution in [0.3, 0.4) is 0 Å². The van der Waals surface area contributed by atoms with Crippen molar-refractivity contribution < 1.29 is 150 Å². The minimum Gasteiger partial charge on any atom is -0.479 e. The molecule has 44 heteroatoms. The predicted octanol–water partition coefficient (Wildman–Crippen LogP) is 5.30. The summed E-state index contributed by atoms with van der Waals surface area (Å²) in [5, 5.41) is 90.5. The van der Waals surface area contributed by atoms with Gasteiger partial charge in [0.2, 0.25) is 23.6 Å². The van der Waals surface area contributed by atoms with Crippen molar-refractivity contribution in [3.63, 3.8) is 0 Å². The molecule has 7 aliphatic rings. The normalized spacial score (nSPS) is 21.6. The Kier molecular flexibility index (Phi) is 43.5. The number of methoxy groups -OCH3 is 1. The number of fused-ring (bicyclic) bond motifs is 2. The van der Waals surface area contributed by atoms with Gasteiger partial charge in [-0.15, -0.1) is 0 Å². The number of imide groups is 1. The topological polar surface area (TPSA) is 546 Å². The van der Waals surface area contributed by atoms with E-state index in [0.29, 0.717) is 177 Å². The smallest absolute Gasteiger partial charge is 0.410 e. The number of nitrogens with zero attached hydrogens (tertiary/aromatic N) is 8. The number of aliphatic hydroxyl groups is 5. The summed E-state index contributed by atoms with van der Waals surface area (Å²) < 4.78 is 82.0. The van der Waals surface area contributed by atoms with Crippen molar-refractivity contribution in [1.29, 1.82) is 0 Å². The van der Waals surface area contributed by atoms with E-state index in [4.69, 9.17) is 76.4 Å². The van der Waals surface area contributed by atoms with Crippen LogP contribution >= 0.6 is 11.3 Å². The summed E-state index contributed by atoms with van der Waals surface area (Å²) in [6.07, 6.45) is -2.39. The van der Waals surface area contributed by atoms with Gasteiger partial charge in [-0.25, -0.2) is 24.4 Å². The van der Waals surface area contributed by atoms with Crippen molar-refractivity contribution in [3.05, 3.63) is 130 Å². The number of aliphatic hydroxyl groups excluding tert-OH is 5. The van der Waals surface area contributed by atoms with Gasteiger partial charge < -0.3 is 133 Å². The van der Waals surface area contributed by atoms with Crippen molar-refractivity contribution >= 4 is 97.6 Å². The molecule has 5 fully saturated rings. The maximum Gasteiger partial charge on any atom is 0.410 e. The quantitative estimate of drug-likeness (QED) is 0.0170. The molecule has 3 aromatic heterocycles. The van der Waals surface area contributed by atoms with Gasteiger partial charge in [0.05, 0.1) is 186 Å². The van der Waals surface area contributed by atoms with E-state index in [0.717, 1.165) is 76.2 Å². The number of para-hydroxylation sites is 1. The Hall–Kier alpha value is -10.6. The molecule has 2 unspecified atom stereocenters. The maximum absolute atomic E-state index is 14.6. The first-order valence-electron chi connectivity index (χ1n) is 49.9. The highest BCUT2D eigenvalue weighted by Gasteiger charge is 2.66. The van der Waals surface area contributed by atoms with Crippen LogP contribution in [0.25, 0.3) is 21.3 Å². The zero-order chi connectivity index (χ0) is 105. The molecule has 8 amide bonds. The van der Waals surface area contributed by atoms with Crippen molar-refractivity contribution in [1.82, 2.24) is 45.1 Å². The molecule has 1 saturated heterocycles. The first-order chi connectivity index (χ1) is 70.2. The van der Waals surface area contributed by atoms with Gasteiger partial charge in [0.15, 0.2) is 16.9 Å². The molecule has 4 bridgehead atoms. The van der Waals surface area contributed by atoms with Crippen LogP contribution in [0.5, 0.6) is 0 Å². The Morgan fingerprint density at radius 1 is 0.623 bits per heavy atom. The average Bonchev–Trinajstić information content (AvgIpc) is 0.825. The third kappa shape index (κ3) is 32.7. The number of carboxylic acids is 2. The average molecular weight is 2060 g/mol. The maximum atomic E-state index is 14.6. The van der Waals surface area contributed by atoms with E-state index in [9.17, 15) is 83.7 Å². The van der Waals surface area contributed by atoms with Crippen LogP contribution in [0, 0.1) is 29.1 Å². The molecule has 0 spiro atoms. The summed E-state index contributed by atoms with van der Waals surface area (Å²) in [6.45, 7) is 18.5. The number of anilines is 3. The fraction of sp³-hybridized carbons (Fsp3) is 0.618. The molecule has 802 valence electrons. The number of carbonyl (C=O) groups is 10. The van der Waals surface area contributed by atoms with Crippen LogP contribution in [0.2, 0.25) is 0 Å². The lowest BCUT2D eigenvalue weighted by atomic mass is 9.39. The summed E-state index contributed by atoms with van der Waals surface area (Å²) in [4.78, 5) is 150. The number of aromatic nitrogens is 4. The Labute approximate surface area is 852 Å². The van der Waals surface area contributed by atoms with E-state index in [-0.39, 0.29) is 125 Å². The second-order valence-electron chi connectivity index (χ2n) is 38.9. The van der Waals surface area contributed by atoms with E-state index in [2.05, 4.69) is 40.1 Å². The number of pyridine rings is 1. The Balaban J connectivity index is 0.605. The molecule has 4 aliphatic carbocycles. The number of amides is 8. The summed E-state index contributed by atoms with van der Waals surface area (Å²) >= 11 is 1.39. The van der Waals surface area contributed by atoms with Gasteiger partial charge in [0.1, 0.15) is 49.4 Å². The monoisotopic (exact) mass is 2060 g/mol. The van der Waals surface area contributed by atoms with Crippen molar-refractivity contribution in [2.24, 2.45) is 22.2 Å². The number of hydrogen-bond acceptors (Lipinski definition) is 34. The zero-order valence-corrected chi connectivity index (χ0v) is 85.0. The number of benzene rings is 3. The fourth-order valence-corrected chi connectivity index (χ4v) is 21.6. The number of carbonyl (C=O) groups excluding carboxylic acids is 8. The molecular weight excluding hydrogens is 1920 g/mol. The SMILES string of the molecule is COCCOCCOCCOCCOCCOCCOCCOCCOCCOCCOCCN(CCC(=O)N[C@H](C(=O)N[C@@H](C)C(=O)Nc1ccc(COC(=O)N(CCOC23CC4(C)CC(C)(CC(Cn5ncc(-c6ccc(N7CCc8cccc(C(=O)Nc9nc%10ccccc%10s9)c8C7)nc6C(=O)O)c5C)(C4)C2)C3)CC[C@H](O)CO)c(CC[C@@H]2O[C@H](C(=O)O)[C@@H](O)[C@H](O)[C@H]2O)c1)C(C)C)C(=O)CN1C(=O)C=CC1=O. The molecule has 6 aromatic rings. The number of ether oxygens (including phenoxy) is 14. The van der Waals surface area contributed by atoms with Crippen LogP contribution in [0.15, 0.2) is 91.1 Å². The molecule has 0 radical (unpaired) electrons. The second kappa shape index (κ2) is 55.6. The fourth-order valence-electron chi connectivity index (χ4n) is 20.7. The van der Waals surface area contributed by atoms with E-state index in [1.165, 1.54) is 40.2 Å². The minimum absolute atomic E-state index is 0.00973. The van der Waals surface area contributed by atoms with Gasteiger partial charge in [-0.3, -0.25) is 48.5 Å². The highest BCUT2D eigenvalue weighted by atomic mass is 32.1. The minimum atomic E-state index is -1.97. The lowest BCUT2D eigenvalue weighted by Crippen LogP contribution is -2.64. The number of aromatic carboxylic acids is 1. The Bertz CT molecular complexity index is 5300. The number of aryl methyl sites for hydroxylation is 1. The predicted molar refractivity (Wildman–Crippen MR) is 530 cm³/mol. The van der Waals surface area contributed by atoms with Crippen LogP contribution in [-0.2, 0) is 132 Å². The van der Waals surface area contributed by atoms with E-state index < -0.39 is 133 Å². The Morgan fingerprint density at radius 3 is 1.82 bits per heavy atom.